The predicted octanol–water partition coefficient (Wildman–Crippen LogP) is 3.64. The van der Waals surface area contributed by atoms with Crippen LogP contribution in [0.2, 0.25) is 0 Å². The smallest absolute Gasteiger partial charge is 0.269 e. The fourth-order valence-corrected chi connectivity index (χ4v) is 2.63. The fourth-order valence-electron chi connectivity index (χ4n) is 2.63. The van der Waals surface area contributed by atoms with Crippen molar-refractivity contribution in [1.29, 1.82) is 5.26 Å². The zero-order valence-corrected chi connectivity index (χ0v) is 16.0. The lowest BCUT2D eigenvalue weighted by atomic mass is 10.2. The van der Waals surface area contributed by atoms with E-state index in [1.165, 1.54) is 22.9 Å². The van der Waals surface area contributed by atoms with Crippen molar-refractivity contribution >= 4 is 23.5 Å². The lowest BCUT2D eigenvalue weighted by Gasteiger charge is -2.07. The summed E-state index contributed by atoms with van der Waals surface area (Å²) >= 11 is 0. The quantitative estimate of drug-likeness (QED) is 0.365. The SMILES string of the molecule is Cc1cc(NC(=O)/C=C/c2ccc(OCC#N)cc2)n(-c2ccc([N+](=O)[O-])cc2)n1. The largest absolute Gasteiger partial charge is 0.479 e. The van der Waals surface area contributed by atoms with Gasteiger partial charge in [-0.1, -0.05) is 12.1 Å². The van der Waals surface area contributed by atoms with Crippen molar-refractivity contribution in [2.24, 2.45) is 0 Å². The third kappa shape index (κ3) is 5.08. The minimum Gasteiger partial charge on any atom is -0.479 e. The number of benzene rings is 2. The summed E-state index contributed by atoms with van der Waals surface area (Å²) in [6.45, 7) is 1.75. The van der Waals surface area contributed by atoms with E-state index in [-0.39, 0.29) is 18.2 Å². The highest BCUT2D eigenvalue weighted by atomic mass is 16.6. The van der Waals surface area contributed by atoms with Crippen LogP contribution in [0.3, 0.4) is 0 Å². The summed E-state index contributed by atoms with van der Waals surface area (Å²) in [7, 11) is 0. The Labute approximate surface area is 172 Å². The fraction of sp³-hybridized carbons (Fsp3) is 0.0952. The summed E-state index contributed by atoms with van der Waals surface area (Å²) in [6.07, 6.45) is 3.02. The molecule has 1 N–H and O–H groups in total. The third-order valence-corrected chi connectivity index (χ3v) is 4.00. The number of nitrogens with zero attached hydrogens (tertiary/aromatic N) is 4. The maximum Gasteiger partial charge on any atom is 0.269 e. The molecule has 0 saturated heterocycles. The molecule has 0 aliphatic carbocycles. The van der Waals surface area contributed by atoms with Crippen LogP contribution in [0.1, 0.15) is 11.3 Å². The van der Waals surface area contributed by atoms with E-state index in [0.29, 0.717) is 22.9 Å². The van der Waals surface area contributed by atoms with Crippen molar-refractivity contribution < 1.29 is 14.5 Å². The van der Waals surface area contributed by atoms with Crippen LogP contribution in [0, 0.1) is 28.4 Å². The maximum atomic E-state index is 12.3. The molecule has 0 unspecified atom stereocenters. The molecule has 0 atom stereocenters. The standard InChI is InChI=1S/C21H17N5O4/c1-15-14-20(25(24-15)17-5-7-18(8-6-17)26(28)29)23-21(27)11-4-16-2-9-19(10-3-16)30-13-12-22/h2-11,14H,13H2,1H3,(H,23,27)/b11-4+. The van der Waals surface area contributed by atoms with Gasteiger partial charge in [0.1, 0.15) is 17.6 Å². The summed E-state index contributed by atoms with van der Waals surface area (Å²) < 4.78 is 6.69. The van der Waals surface area contributed by atoms with E-state index in [0.717, 1.165) is 5.56 Å². The summed E-state index contributed by atoms with van der Waals surface area (Å²) in [6, 6.07) is 16.4. The first-order valence-corrected chi connectivity index (χ1v) is 8.86. The van der Waals surface area contributed by atoms with E-state index in [4.69, 9.17) is 10.00 Å². The number of nitro groups is 1. The molecular formula is C21H17N5O4. The van der Waals surface area contributed by atoms with Gasteiger partial charge in [0.2, 0.25) is 5.91 Å². The molecule has 150 valence electrons. The van der Waals surface area contributed by atoms with Crippen LogP contribution in [0.25, 0.3) is 11.8 Å². The molecule has 0 fully saturated rings. The topological polar surface area (TPSA) is 123 Å². The monoisotopic (exact) mass is 403 g/mol. The van der Waals surface area contributed by atoms with Gasteiger partial charge in [-0.3, -0.25) is 14.9 Å². The molecule has 30 heavy (non-hydrogen) atoms. The summed E-state index contributed by atoms with van der Waals surface area (Å²) in [4.78, 5) is 22.7. The van der Waals surface area contributed by atoms with Gasteiger partial charge in [-0.25, -0.2) is 4.68 Å². The van der Waals surface area contributed by atoms with Crippen LogP contribution < -0.4 is 10.1 Å². The van der Waals surface area contributed by atoms with Crippen molar-refractivity contribution in [3.8, 4) is 17.5 Å². The molecule has 0 spiro atoms. The van der Waals surface area contributed by atoms with E-state index in [1.54, 1.807) is 55.5 Å². The number of hydrogen-bond donors (Lipinski definition) is 1. The van der Waals surface area contributed by atoms with E-state index in [1.807, 2.05) is 6.07 Å². The van der Waals surface area contributed by atoms with Crippen LogP contribution in [0.5, 0.6) is 5.75 Å². The minimum atomic E-state index is -0.478. The molecule has 1 amide bonds. The molecule has 9 nitrogen and oxygen atoms in total. The predicted molar refractivity (Wildman–Crippen MR) is 110 cm³/mol. The van der Waals surface area contributed by atoms with E-state index < -0.39 is 4.92 Å². The number of aromatic nitrogens is 2. The first kappa shape index (κ1) is 20.3. The molecule has 2 aromatic carbocycles. The second kappa shape index (κ2) is 9.16. The summed E-state index contributed by atoms with van der Waals surface area (Å²) in [5, 5.41) is 26.4. The van der Waals surface area contributed by atoms with Gasteiger partial charge in [0, 0.05) is 24.3 Å². The maximum absolute atomic E-state index is 12.3. The molecular weight excluding hydrogens is 386 g/mol. The highest BCUT2D eigenvalue weighted by Gasteiger charge is 2.11. The summed E-state index contributed by atoms with van der Waals surface area (Å²) in [5.41, 5.74) is 2.02. The average molecular weight is 403 g/mol. The second-order valence-corrected chi connectivity index (χ2v) is 6.19. The molecule has 0 radical (unpaired) electrons. The van der Waals surface area contributed by atoms with Crippen molar-refractivity contribution in [3.05, 3.63) is 82.0 Å². The zero-order chi connectivity index (χ0) is 21.5. The Morgan fingerprint density at radius 3 is 2.60 bits per heavy atom. The number of rotatable bonds is 7. The molecule has 0 bridgehead atoms. The number of non-ortho nitro benzene ring substituents is 1. The van der Waals surface area contributed by atoms with Gasteiger partial charge < -0.3 is 10.1 Å². The molecule has 9 heteroatoms. The molecule has 0 saturated carbocycles. The van der Waals surface area contributed by atoms with Gasteiger partial charge in [0.05, 0.1) is 16.3 Å². The molecule has 3 rings (SSSR count). The molecule has 1 aromatic heterocycles. The first-order valence-electron chi connectivity index (χ1n) is 8.86. The zero-order valence-electron chi connectivity index (χ0n) is 16.0. The van der Waals surface area contributed by atoms with E-state index >= 15 is 0 Å². The summed E-state index contributed by atoms with van der Waals surface area (Å²) in [5.74, 6) is 0.653. The Hall–Kier alpha value is -4.45. The Morgan fingerprint density at radius 1 is 1.27 bits per heavy atom. The van der Waals surface area contributed by atoms with Crippen LogP contribution in [0.15, 0.2) is 60.7 Å². The molecule has 0 aliphatic heterocycles. The third-order valence-electron chi connectivity index (χ3n) is 4.00. The van der Waals surface area contributed by atoms with Gasteiger partial charge >= 0.3 is 0 Å². The Bertz CT molecular complexity index is 1130. The highest BCUT2D eigenvalue weighted by molar-refractivity contribution is 6.01. The van der Waals surface area contributed by atoms with Crippen molar-refractivity contribution in [1.82, 2.24) is 9.78 Å². The second-order valence-electron chi connectivity index (χ2n) is 6.19. The first-order chi connectivity index (χ1) is 14.5. The number of ether oxygens (including phenoxy) is 1. The van der Waals surface area contributed by atoms with Crippen LogP contribution in [-0.4, -0.2) is 27.2 Å². The van der Waals surface area contributed by atoms with Gasteiger partial charge in [-0.05, 0) is 42.8 Å². The Kier molecular flexibility index (Phi) is 6.20. The number of nitrogens with one attached hydrogen (secondary N) is 1. The Balaban J connectivity index is 1.70. The van der Waals surface area contributed by atoms with E-state index in [2.05, 4.69) is 10.4 Å². The highest BCUT2D eigenvalue weighted by Crippen LogP contribution is 2.20. The number of nitriles is 1. The molecule has 0 aliphatic rings. The normalized spacial score (nSPS) is 10.5. The van der Waals surface area contributed by atoms with Crippen molar-refractivity contribution in [2.75, 3.05) is 11.9 Å². The lowest BCUT2D eigenvalue weighted by molar-refractivity contribution is -0.384. The number of amides is 1. The van der Waals surface area contributed by atoms with Gasteiger partial charge in [-0.2, -0.15) is 10.4 Å². The van der Waals surface area contributed by atoms with Crippen LogP contribution in [0.4, 0.5) is 11.5 Å². The number of hydrogen-bond acceptors (Lipinski definition) is 6. The van der Waals surface area contributed by atoms with Gasteiger partial charge in [0.15, 0.2) is 6.61 Å². The number of carbonyl (C=O) groups is 1. The van der Waals surface area contributed by atoms with Gasteiger partial charge in [0.25, 0.3) is 5.69 Å². The average Bonchev–Trinajstić information content (AvgIpc) is 3.11. The molecule has 3 aromatic rings. The minimum absolute atomic E-state index is 0.0276. The number of anilines is 1. The number of aryl methyl sites for hydroxylation is 1. The number of nitro benzene ring substituents is 1. The van der Waals surface area contributed by atoms with Gasteiger partial charge in [-0.15, -0.1) is 0 Å². The van der Waals surface area contributed by atoms with Crippen LogP contribution in [-0.2, 0) is 4.79 Å². The lowest BCUT2D eigenvalue weighted by Crippen LogP contribution is -2.12. The Morgan fingerprint density at radius 2 is 1.97 bits per heavy atom. The van der Waals surface area contributed by atoms with Crippen molar-refractivity contribution in [2.45, 2.75) is 6.92 Å². The number of carbonyl (C=O) groups excluding carboxylic acids is 1. The van der Waals surface area contributed by atoms with Crippen LogP contribution >= 0.6 is 0 Å². The van der Waals surface area contributed by atoms with E-state index in [9.17, 15) is 14.9 Å². The van der Waals surface area contributed by atoms with Crippen molar-refractivity contribution in [3.63, 3.8) is 0 Å². The molecule has 1 heterocycles.